The molecule has 9 nitrogen and oxygen atoms in total. The zero-order valence-corrected chi connectivity index (χ0v) is 20.1. The first-order valence-corrected chi connectivity index (χ1v) is 11.1. The van der Waals surface area contributed by atoms with E-state index in [1.54, 1.807) is 41.9 Å². The molecule has 4 rings (SSSR count). The number of nitrogens with zero attached hydrogens (tertiary/aromatic N) is 5. The third-order valence-corrected chi connectivity index (χ3v) is 5.55. The number of anilines is 2. The molecule has 1 aromatic carbocycles. The number of nitrogens with one attached hydrogen (secondary N) is 1. The first-order valence-electron chi connectivity index (χ1n) is 11.1. The second kappa shape index (κ2) is 9.96. The second-order valence-corrected chi connectivity index (χ2v) is 8.33. The van der Waals surface area contributed by atoms with E-state index in [0.29, 0.717) is 35.3 Å². The Kier molecular flexibility index (Phi) is 6.83. The van der Waals surface area contributed by atoms with Crippen molar-refractivity contribution in [2.24, 2.45) is 7.05 Å². The van der Waals surface area contributed by atoms with Crippen LogP contribution in [0, 0.1) is 0 Å². The lowest BCUT2D eigenvalue weighted by Crippen LogP contribution is -2.33. The maximum absolute atomic E-state index is 13.4. The van der Waals surface area contributed by atoms with E-state index in [-0.39, 0.29) is 5.56 Å². The predicted octanol–water partition coefficient (Wildman–Crippen LogP) is 3.25. The molecule has 4 aromatic rings. The van der Waals surface area contributed by atoms with E-state index in [4.69, 9.17) is 9.47 Å². The number of aryl methyl sites for hydroxylation is 1. The van der Waals surface area contributed by atoms with Crippen LogP contribution in [-0.4, -0.2) is 52.5 Å². The fraction of sp³-hybridized carbons (Fsp3) is 0.320. The van der Waals surface area contributed by atoms with Gasteiger partial charge in [0.25, 0.3) is 5.56 Å². The lowest BCUT2D eigenvalue weighted by molar-refractivity contribution is 0.394. The Morgan fingerprint density at radius 3 is 2.38 bits per heavy atom. The SMILES string of the molecule is COc1cc(OC)cc(N(CCNC(C)C)c2ccc3ncc(-c4cnn(C)c4)c(=O)n3c2)c1. The molecular formula is C25H30N6O3. The summed E-state index contributed by atoms with van der Waals surface area (Å²) >= 11 is 0. The van der Waals surface area contributed by atoms with Crippen molar-refractivity contribution in [1.29, 1.82) is 0 Å². The highest BCUT2D eigenvalue weighted by Gasteiger charge is 2.15. The van der Waals surface area contributed by atoms with Gasteiger partial charge in [-0.1, -0.05) is 13.8 Å². The molecular weight excluding hydrogens is 432 g/mol. The van der Waals surface area contributed by atoms with Gasteiger partial charge in [-0.3, -0.25) is 13.9 Å². The van der Waals surface area contributed by atoms with Crippen molar-refractivity contribution < 1.29 is 9.47 Å². The number of benzene rings is 1. The Hall–Kier alpha value is -3.85. The van der Waals surface area contributed by atoms with Gasteiger partial charge in [-0.15, -0.1) is 0 Å². The summed E-state index contributed by atoms with van der Waals surface area (Å²) in [5.74, 6) is 1.38. The molecule has 178 valence electrons. The smallest absolute Gasteiger partial charge is 0.265 e. The molecule has 3 aromatic heterocycles. The van der Waals surface area contributed by atoms with Gasteiger partial charge in [0.05, 0.1) is 31.7 Å². The molecule has 0 radical (unpaired) electrons. The van der Waals surface area contributed by atoms with Crippen LogP contribution in [0.5, 0.6) is 11.5 Å². The average Bonchev–Trinajstić information content (AvgIpc) is 3.27. The molecule has 0 bridgehead atoms. The standard InChI is InChI=1S/C25H30N6O3/c1-17(2)26-8-9-30(20-10-21(33-4)12-22(11-20)34-5)19-6-7-24-27-14-23(25(32)31(24)16-19)18-13-28-29(3)15-18/h6-7,10-17,26H,8-9H2,1-5H3. The molecule has 0 unspecified atom stereocenters. The third kappa shape index (κ3) is 4.89. The summed E-state index contributed by atoms with van der Waals surface area (Å²) in [6.45, 7) is 5.64. The lowest BCUT2D eigenvalue weighted by Gasteiger charge is -2.27. The Balaban J connectivity index is 1.81. The number of hydrogen-bond acceptors (Lipinski definition) is 7. The highest BCUT2D eigenvalue weighted by molar-refractivity contribution is 5.68. The van der Waals surface area contributed by atoms with Crippen LogP contribution in [0.25, 0.3) is 16.8 Å². The molecule has 1 N–H and O–H groups in total. The zero-order chi connectivity index (χ0) is 24.2. The minimum Gasteiger partial charge on any atom is -0.497 e. The van der Waals surface area contributed by atoms with Gasteiger partial charge in [-0.2, -0.15) is 5.10 Å². The number of aromatic nitrogens is 4. The fourth-order valence-corrected chi connectivity index (χ4v) is 3.80. The summed E-state index contributed by atoms with van der Waals surface area (Å²) in [4.78, 5) is 20.0. The molecule has 0 amide bonds. The molecule has 3 heterocycles. The number of fused-ring (bicyclic) bond motifs is 1. The van der Waals surface area contributed by atoms with Gasteiger partial charge in [0.15, 0.2) is 0 Å². The maximum atomic E-state index is 13.4. The minimum absolute atomic E-state index is 0.150. The summed E-state index contributed by atoms with van der Waals surface area (Å²) in [7, 11) is 5.08. The molecule has 0 saturated heterocycles. The second-order valence-electron chi connectivity index (χ2n) is 8.33. The first-order chi connectivity index (χ1) is 16.4. The van der Waals surface area contributed by atoms with Crippen molar-refractivity contribution in [1.82, 2.24) is 24.5 Å². The van der Waals surface area contributed by atoms with Crippen molar-refractivity contribution >= 4 is 17.0 Å². The third-order valence-electron chi connectivity index (χ3n) is 5.55. The van der Waals surface area contributed by atoms with Crippen LogP contribution >= 0.6 is 0 Å². The van der Waals surface area contributed by atoms with Crippen LogP contribution in [0.3, 0.4) is 0 Å². The lowest BCUT2D eigenvalue weighted by atomic mass is 10.2. The van der Waals surface area contributed by atoms with Crippen LogP contribution < -0.4 is 25.2 Å². The van der Waals surface area contributed by atoms with Gasteiger partial charge in [0.2, 0.25) is 0 Å². The molecule has 0 saturated carbocycles. The summed E-state index contributed by atoms with van der Waals surface area (Å²) in [6.07, 6.45) is 6.90. The predicted molar refractivity (Wildman–Crippen MR) is 133 cm³/mol. The maximum Gasteiger partial charge on any atom is 0.265 e. The Morgan fingerprint density at radius 2 is 1.76 bits per heavy atom. The van der Waals surface area contributed by atoms with Crippen molar-refractivity contribution in [3.8, 4) is 22.6 Å². The number of hydrogen-bond donors (Lipinski definition) is 1. The Labute approximate surface area is 198 Å². The van der Waals surface area contributed by atoms with Crippen LogP contribution in [0.15, 0.2) is 59.9 Å². The summed E-state index contributed by atoms with van der Waals surface area (Å²) < 4.78 is 14.2. The van der Waals surface area contributed by atoms with E-state index in [0.717, 1.165) is 23.5 Å². The Morgan fingerprint density at radius 1 is 1.03 bits per heavy atom. The molecule has 0 aliphatic carbocycles. The van der Waals surface area contributed by atoms with Crippen molar-refractivity contribution in [2.75, 3.05) is 32.2 Å². The fourth-order valence-electron chi connectivity index (χ4n) is 3.80. The quantitative estimate of drug-likeness (QED) is 0.409. The van der Waals surface area contributed by atoms with E-state index in [2.05, 4.69) is 34.1 Å². The molecule has 9 heteroatoms. The largest absolute Gasteiger partial charge is 0.497 e. The monoisotopic (exact) mass is 462 g/mol. The number of pyridine rings is 1. The van der Waals surface area contributed by atoms with Gasteiger partial charge < -0.3 is 19.7 Å². The van der Waals surface area contributed by atoms with Gasteiger partial charge in [0, 0.05) is 74.2 Å². The van der Waals surface area contributed by atoms with Crippen LogP contribution in [0.2, 0.25) is 0 Å². The molecule has 0 aliphatic rings. The molecule has 0 fully saturated rings. The van der Waals surface area contributed by atoms with E-state index < -0.39 is 0 Å². The molecule has 0 aliphatic heterocycles. The highest BCUT2D eigenvalue weighted by atomic mass is 16.5. The highest BCUT2D eigenvalue weighted by Crippen LogP contribution is 2.32. The summed E-state index contributed by atoms with van der Waals surface area (Å²) in [5, 5.41) is 7.64. The van der Waals surface area contributed by atoms with Gasteiger partial charge in [-0.25, -0.2) is 4.98 Å². The zero-order valence-electron chi connectivity index (χ0n) is 20.1. The average molecular weight is 463 g/mol. The van der Waals surface area contributed by atoms with Crippen LogP contribution in [0.1, 0.15) is 13.8 Å². The topological polar surface area (TPSA) is 85.9 Å². The Bertz CT molecular complexity index is 1320. The van der Waals surface area contributed by atoms with E-state index in [9.17, 15) is 4.79 Å². The van der Waals surface area contributed by atoms with Gasteiger partial charge in [0.1, 0.15) is 17.1 Å². The normalized spacial score (nSPS) is 11.2. The van der Waals surface area contributed by atoms with Crippen LogP contribution in [0.4, 0.5) is 11.4 Å². The minimum atomic E-state index is -0.150. The number of methoxy groups -OCH3 is 2. The molecule has 0 spiro atoms. The first kappa shape index (κ1) is 23.3. The van der Waals surface area contributed by atoms with Crippen molar-refractivity contribution in [2.45, 2.75) is 19.9 Å². The summed E-state index contributed by atoms with van der Waals surface area (Å²) in [5.41, 5.74) is 3.40. The van der Waals surface area contributed by atoms with E-state index >= 15 is 0 Å². The van der Waals surface area contributed by atoms with Gasteiger partial charge in [-0.05, 0) is 12.1 Å². The number of rotatable bonds is 9. The van der Waals surface area contributed by atoms with Crippen LogP contribution in [-0.2, 0) is 7.05 Å². The van der Waals surface area contributed by atoms with Gasteiger partial charge >= 0.3 is 0 Å². The van der Waals surface area contributed by atoms with E-state index in [1.165, 1.54) is 0 Å². The molecule has 34 heavy (non-hydrogen) atoms. The van der Waals surface area contributed by atoms with Crippen molar-refractivity contribution in [3.63, 3.8) is 0 Å². The van der Waals surface area contributed by atoms with E-state index in [1.807, 2.05) is 43.6 Å². The number of ether oxygens (including phenoxy) is 2. The van der Waals surface area contributed by atoms with Crippen molar-refractivity contribution in [3.05, 3.63) is 65.5 Å². The summed E-state index contributed by atoms with van der Waals surface area (Å²) in [6, 6.07) is 9.91. The molecule has 0 atom stereocenters.